The van der Waals surface area contributed by atoms with Crippen molar-refractivity contribution in [2.24, 2.45) is 0 Å². The zero-order valence-electron chi connectivity index (χ0n) is 13.4. The predicted octanol–water partition coefficient (Wildman–Crippen LogP) is 2.77. The molecule has 0 aliphatic heterocycles. The first-order chi connectivity index (χ1) is 9.55. The summed E-state index contributed by atoms with van der Waals surface area (Å²) in [5, 5.41) is 3.39. The molecule has 0 atom stereocenters. The Bertz CT molecular complexity index is 410. The van der Waals surface area contributed by atoms with Gasteiger partial charge in [-0.05, 0) is 59.1 Å². The first-order valence-electron chi connectivity index (χ1n) is 7.70. The second-order valence-electron chi connectivity index (χ2n) is 6.29. The van der Waals surface area contributed by atoms with Crippen LogP contribution in [0.3, 0.4) is 0 Å². The van der Waals surface area contributed by atoms with E-state index in [1.54, 1.807) is 0 Å². The molecule has 1 aliphatic carbocycles. The summed E-state index contributed by atoms with van der Waals surface area (Å²) in [5.41, 5.74) is 0.429. The maximum atomic E-state index is 3.39. The summed E-state index contributed by atoms with van der Waals surface area (Å²) in [4.78, 5) is 7.84. The number of likely N-dealkylation sites (N-methyl/N-ethyl adjacent to an activating group) is 2. The van der Waals surface area contributed by atoms with Crippen LogP contribution in [0.1, 0.15) is 35.9 Å². The van der Waals surface area contributed by atoms with E-state index >= 15 is 0 Å². The van der Waals surface area contributed by atoms with Gasteiger partial charge in [-0.25, -0.2) is 0 Å². The Labute approximate surface area is 128 Å². The lowest BCUT2D eigenvalue weighted by Gasteiger charge is -2.49. The lowest BCUT2D eigenvalue weighted by molar-refractivity contribution is 0.0261. The minimum absolute atomic E-state index is 0.429. The van der Waals surface area contributed by atoms with Crippen molar-refractivity contribution in [3.8, 4) is 0 Å². The van der Waals surface area contributed by atoms with Gasteiger partial charge in [0.1, 0.15) is 0 Å². The van der Waals surface area contributed by atoms with Crippen LogP contribution in [0.4, 0.5) is 0 Å². The van der Waals surface area contributed by atoms with Crippen LogP contribution in [-0.4, -0.2) is 49.6 Å². The highest BCUT2D eigenvalue weighted by Gasteiger charge is 2.39. The standard InChI is InChI=1S/C16H29N3S/c1-5-17-11-14-7-8-15(20-14)12-19(4)13-16(18(2)3)9-6-10-16/h7-8,17H,5-6,9-13H2,1-4H3. The molecule has 1 aromatic heterocycles. The largest absolute Gasteiger partial charge is 0.312 e. The molecule has 1 heterocycles. The van der Waals surface area contributed by atoms with Gasteiger partial charge in [0.15, 0.2) is 0 Å². The van der Waals surface area contributed by atoms with E-state index < -0.39 is 0 Å². The Kier molecular flexibility index (Phi) is 5.61. The summed E-state index contributed by atoms with van der Waals surface area (Å²) in [6.45, 7) is 6.46. The van der Waals surface area contributed by atoms with Crippen LogP contribution in [0, 0.1) is 0 Å². The lowest BCUT2D eigenvalue weighted by Crippen LogP contribution is -2.56. The Morgan fingerprint density at radius 3 is 2.45 bits per heavy atom. The SMILES string of the molecule is CCNCc1ccc(CN(C)CC2(N(C)C)CCC2)s1. The molecular formula is C16H29N3S. The third kappa shape index (κ3) is 3.82. The van der Waals surface area contributed by atoms with E-state index in [0.717, 1.165) is 19.6 Å². The normalized spacial score (nSPS) is 17.7. The van der Waals surface area contributed by atoms with Gasteiger partial charge in [-0.15, -0.1) is 11.3 Å². The molecule has 1 aromatic rings. The van der Waals surface area contributed by atoms with Gasteiger partial charge in [-0.1, -0.05) is 6.92 Å². The lowest BCUT2D eigenvalue weighted by atomic mass is 9.75. The summed E-state index contributed by atoms with van der Waals surface area (Å²) in [6, 6.07) is 4.55. The van der Waals surface area contributed by atoms with E-state index in [1.807, 2.05) is 11.3 Å². The van der Waals surface area contributed by atoms with Gasteiger partial charge in [-0.3, -0.25) is 4.90 Å². The topological polar surface area (TPSA) is 18.5 Å². The fourth-order valence-electron chi connectivity index (χ4n) is 3.01. The van der Waals surface area contributed by atoms with E-state index in [-0.39, 0.29) is 0 Å². The van der Waals surface area contributed by atoms with E-state index in [9.17, 15) is 0 Å². The van der Waals surface area contributed by atoms with E-state index in [1.165, 1.54) is 35.6 Å². The van der Waals surface area contributed by atoms with Crippen molar-refractivity contribution in [1.82, 2.24) is 15.1 Å². The molecule has 4 heteroatoms. The highest BCUT2D eigenvalue weighted by atomic mass is 32.1. The molecular weight excluding hydrogens is 266 g/mol. The van der Waals surface area contributed by atoms with Crippen molar-refractivity contribution in [3.05, 3.63) is 21.9 Å². The number of nitrogens with zero attached hydrogens (tertiary/aromatic N) is 2. The Morgan fingerprint density at radius 2 is 1.90 bits per heavy atom. The second kappa shape index (κ2) is 7.03. The molecule has 114 valence electrons. The average molecular weight is 295 g/mol. The summed E-state index contributed by atoms with van der Waals surface area (Å²) in [7, 11) is 6.71. The van der Waals surface area contributed by atoms with Crippen molar-refractivity contribution >= 4 is 11.3 Å². The molecule has 0 bridgehead atoms. The van der Waals surface area contributed by atoms with Gasteiger partial charge < -0.3 is 10.2 Å². The molecule has 0 saturated heterocycles. The number of rotatable bonds is 8. The quantitative estimate of drug-likeness (QED) is 0.795. The zero-order chi connectivity index (χ0) is 14.6. The average Bonchev–Trinajstić information content (AvgIpc) is 2.78. The van der Waals surface area contributed by atoms with Crippen LogP contribution in [0.5, 0.6) is 0 Å². The highest BCUT2D eigenvalue weighted by Crippen LogP contribution is 2.37. The third-order valence-electron chi connectivity index (χ3n) is 4.49. The first kappa shape index (κ1) is 16.0. The smallest absolute Gasteiger partial charge is 0.0330 e. The van der Waals surface area contributed by atoms with E-state index in [2.05, 4.69) is 55.3 Å². The number of hydrogen-bond acceptors (Lipinski definition) is 4. The first-order valence-corrected chi connectivity index (χ1v) is 8.52. The van der Waals surface area contributed by atoms with Crippen molar-refractivity contribution < 1.29 is 0 Å². The van der Waals surface area contributed by atoms with Crippen LogP contribution in [0.25, 0.3) is 0 Å². The Morgan fingerprint density at radius 1 is 1.20 bits per heavy atom. The molecule has 0 aromatic carbocycles. The van der Waals surface area contributed by atoms with Crippen LogP contribution < -0.4 is 5.32 Å². The van der Waals surface area contributed by atoms with Crippen LogP contribution in [-0.2, 0) is 13.1 Å². The predicted molar refractivity (Wildman–Crippen MR) is 88.3 cm³/mol. The molecule has 0 unspecified atom stereocenters. The molecule has 0 radical (unpaired) electrons. The number of hydrogen-bond donors (Lipinski definition) is 1. The minimum Gasteiger partial charge on any atom is -0.312 e. The summed E-state index contributed by atoms with van der Waals surface area (Å²) >= 11 is 1.94. The van der Waals surface area contributed by atoms with Gasteiger partial charge in [-0.2, -0.15) is 0 Å². The molecule has 3 nitrogen and oxygen atoms in total. The van der Waals surface area contributed by atoms with E-state index in [0.29, 0.717) is 5.54 Å². The van der Waals surface area contributed by atoms with Gasteiger partial charge in [0.05, 0.1) is 0 Å². The molecule has 1 N–H and O–H groups in total. The molecule has 2 rings (SSSR count). The molecule has 0 amide bonds. The molecule has 1 fully saturated rings. The maximum absolute atomic E-state index is 3.39. The minimum atomic E-state index is 0.429. The number of nitrogens with one attached hydrogen (secondary N) is 1. The summed E-state index contributed by atoms with van der Waals surface area (Å²) in [5.74, 6) is 0. The van der Waals surface area contributed by atoms with Gasteiger partial charge >= 0.3 is 0 Å². The third-order valence-corrected chi connectivity index (χ3v) is 5.56. The van der Waals surface area contributed by atoms with Crippen LogP contribution in [0.2, 0.25) is 0 Å². The second-order valence-corrected chi connectivity index (χ2v) is 7.55. The van der Waals surface area contributed by atoms with Crippen molar-refractivity contribution in [1.29, 1.82) is 0 Å². The Hall–Kier alpha value is -0.420. The molecule has 20 heavy (non-hydrogen) atoms. The summed E-state index contributed by atoms with van der Waals surface area (Å²) in [6.07, 6.45) is 4.08. The monoisotopic (exact) mass is 295 g/mol. The van der Waals surface area contributed by atoms with Crippen LogP contribution in [0.15, 0.2) is 12.1 Å². The Balaban J connectivity index is 1.84. The molecule has 0 spiro atoms. The fourth-order valence-corrected chi connectivity index (χ4v) is 4.07. The van der Waals surface area contributed by atoms with Crippen molar-refractivity contribution in [2.75, 3.05) is 34.2 Å². The van der Waals surface area contributed by atoms with Crippen molar-refractivity contribution in [3.63, 3.8) is 0 Å². The van der Waals surface area contributed by atoms with E-state index in [4.69, 9.17) is 0 Å². The maximum Gasteiger partial charge on any atom is 0.0330 e. The van der Waals surface area contributed by atoms with Crippen molar-refractivity contribution in [2.45, 2.75) is 44.8 Å². The van der Waals surface area contributed by atoms with Gasteiger partial charge in [0, 0.05) is 34.9 Å². The summed E-state index contributed by atoms with van der Waals surface area (Å²) < 4.78 is 0. The van der Waals surface area contributed by atoms with Gasteiger partial charge in [0.25, 0.3) is 0 Å². The number of thiophene rings is 1. The zero-order valence-corrected chi connectivity index (χ0v) is 14.2. The molecule has 1 saturated carbocycles. The van der Waals surface area contributed by atoms with Gasteiger partial charge in [0.2, 0.25) is 0 Å². The van der Waals surface area contributed by atoms with Crippen LogP contribution >= 0.6 is 11.3 Å². The molecule has 1 aliphatic rings. The highest BCUT2D eigenvalue weighted by molar-refractivity contribution is 7.11. The fraction of sp³-hybridized carbons (Fsp3) is 0.750.